The van der Waals surface area contributed by atoms with Crippen LogP contribution in [0, 0.1) is 5.92 Å². The first kappa shape index (κ1) is 15.4. The van der Waals surface area contributed by atoms with E-state index in [1.165, 1.54) is 6.42 Å². The Kier molecular flexibility index (Phi) is 5.16. The Bertz CT molecular complexity index is 417. The van der Waals surface area contributed by atoms with Crippen molar-refractivity contribution in [1.29, 1.82) is 0 Å². The minimum atomic E-state index is -0.647. The molecule has 0 aliphatic heterocycles. The maximum absolute atomic E-state index is 10.9. The van der Waals surface area contributed by atoms with E-state index >= 15 is 0 Å². The van der Waals surface area contributed by atoms with Crippen LogP contribution >= 0.6 is 0 Å². The van der Waals surface area contributed by atoms with Crippen LogP contribution in [0.5, 0.6) is 0 Å². The van der Waals surface area contributed by atoms with Crippen molar-refractivity contribution in [3.05, 3.63) is 11.9 Å². The standard InChI is InChI=1S/C15H27N3O2/c1-4-9-18-13(11-16-17-18)14(19)15(20-5-2)8-6-7-12(3)10-15/h11-12,14,19H,4-10H2,1-3H3. The van der Waals surface area contributed by atoms with Crippen LogP contribution in [0.15, 0.2) is 6.20 Å². The third-order valence-corrected chi connectivity index (χ3v) is 4.28. The number of aryl methyl sites for hydroxylation is 1. The van der Waals surface area contributed by atoms with Gasteiger partial charge in [0.05, 0.1) is 17.5 Å². The number of aromatic nitrogens is 3. The van der Waals surface area contributed by atoms with Crippen LogP contribution in [-0.2, 0) is 11.3 Å². The van der Waals surface area contributed by atoms with Crippen molar-refractivity contribution in [1.82, 2.24) is 15.0 Å². The topological polar surface area (TPSA) is 60.2 Å². The van der Waals surface area contributed by atoms with Crippen LogP contribution in [0.25, 0.3) is 0 Å². The average molecular weight is 281 g/mol. The summed E-state index contributed by atoms with van der Waals surface area (Å²) < 4.78 is 7.85. The van der Waals surface area contributed by atoms with Crippen molar-refractivity contribution in [2.75, 3.05) is 6.61 Å². The Morgan fingerprint density at radius 2 is 2.35 bits per heavy atom. The molecule has 1 aliphatic carbocycles. The Morgan fingerprint density at radius 1 is 1.55 bits per heavy atom. The Morgan fingerprint density at radius 3 is 3.00 bits per heavy atom. The van der Waals surface area contributed by atoms with E-state index in [9.17, 15) is 5.11 Å². The number of nitrogens with zero attached hydrogens (tertiary/aromatic N) is 3. The third kappa shape index (κ3) is 3.04. The summed E-state index contributed by atoms with van der Waals surface area (Å²) in [6, 6.07) is 0. The molecule has 3 unspecified atom stereocenters. The van der Waals surface area contributed by atoms with Crippen LogP contribution in [0.1, 0.15) is 64.7 Å². The fourth-order valence-electron chi connectivity index (χ4n) is 3.42. The van der Waals surface area contributed by atoms with E-state index in [-0.39, 0.29) is 0 Å². The van der Waals surface area contributed by atoms with Crippen LogP contribution < -0.4 is 0 Å². The SMILES string of the molecule is CCCn1nncc1C(O)C1(OCC)CCCC(C)C1. The summed E-state index contributed by atoms with van der Waals surface area (Å²) >= 11 is 0. The second kappa shape index (κ2) is 6.68. The maximum Gasteiger partial charge on any atom is 0.126 e. The lowest BCUT2D eigenvalue weighted by atomic mass is 9.75. The fraction of sp³-hybridized carbons (Fsp3) is 0.867. The first-order valence-electron chi connectivity index (χ1n) is 7.83. The highest BCUT2D eigenvalue weighted by molar-refractivity contribution is 5.08. The van der Waals surface area contributed by atoms with Crippen molar-refractivity contribution in [2.24, 2.45) is 5.92 Å². The molecule has 0 bridgehead atoms. The lowest BCUT2D eigenvalue weighted by Gasteiger charge is -2.43. The molecule has 20 heavy (non-hydrogen) atoms. The van der Waals surface area contributed by atoms with E-state index in [0.29, 0.717) is 12.5 Å². The van der Waals surface area contributed by atoms with Crippen LogP contribution in [0.3, 0.4) is 0 Å². The summed E-state index contributed by atoms with van der Waals surface area (Å²) in [6.07, 6.45) is 6.14. The zero-order chi connectivity index (χ0) is 14.6. The molecular formula is C15H27N3O2. The molecule has 0 saturated heterocycles. The van der Waals surface area contributed by atoms with Crippen LogP contribution in [-0.4, -0.2) is 32.3 Å². The Hall–Kier alpha value is -0.940. The van der Waals surface area contributed by atoms with E-state index in [0.717, 1.165) is 37.9 Å². The molecule has 2 rings (SSSR count). The minimum absolute atomic E-state index is 0.473. The first-order chi connectivity index (χ1) is 9.63. The summed E-state index contributed by atoms with van der Waals surface area (Å²) in [5, 5.41) is 19.0. The van der Waals surface area contributed by atoms with Gasteiger partial charge in [0.15, 0.2) is 0 Å². The predicted octanol–water partition coefficient (Wildman–Crippen LogP) is 2.71. The molecule has 5 nitrogen and oxygen atoms in total. The molecule has 0 spiro atoms. The number of rotatable bonds is 6. The number of aliphatic hydroxyl groups excluding tert-OH is 1. The molecule has 1 saturated carbocycles. The molecule has 3 atom stereocenters. The van der Waals surface area contributed by atoms with Crippen molar-refractivity contribution in [2.45, 2.75) is 71.1 Å². The molecule has 1 aromatic rings. The zero-order valence-corrected chi connectivity index (χ0v) is 12.9. The molecule has 0 amide bonds. The van der Waals surface area contributed by atoms with Crippen molar-refractivity contribution in [3.8, 4) is 0 Å². The van der Waals surface area contributed by atoms with Gasteiger partial charge in [0, 0.05) is 13.2 Å². The monoisotopic (exact) mass is 281 g/mol. The number of hydrogen-bond acceptors (Lipinski definition) is 4. The fourth-order valence-corrected chi connectivity index (χ4v) is 3.42. The highest BCUT2D eigenvalue weighted by Crippen LogP contribution is 2.43. The number of aliphatic hydroxyl groups is 1. The van der Waals surface area contributed by atoms with Gasteiger partial charge in [0.1, 0.15) is 6.10 Å². The summed E-state index contributed by atoms with van der Waals surface area (Å²) in [4.78, 5) is 0. The van der Waals surface area contributed by atoms with Crippen molar-refractivity contribution >= 4 is 0 Å². The van der Waals surface area contributed by atoms with Gasteiger partial charge in [-0.2, -0.15) is 0 Å². The molecule has 0 aromatic carbocycles. The van der Waals surface area contributed by atoms with Gasteiger partial charge in [0.2, 0.25) is 0 Å². The summed E-state index contributed by atoms with van der Waals surface area (Å²) in [5.74, 6) is 0.584. The quantitative estimate of drug-likeness (QED) is 0.871. The van der Waals surface area contributed by atoms with E-state index < -0.39 is 11.7 Å². The van der Waals surface area contributed by atoms with E-state index in [4.69, 9.17) is 4.74 Å². The smallest absolute Gasteiger partial charge is 0.126 e. The largest absolute Gasteiger partial charge is 0.384 e. The molecule has 5 heteroatoms. The van der Waals surface area contributed by atoms with Gasteiger partial charge >= 0.3 is 0 Å². The highest BCUT2D eigenvalue weighted by Gasteiger charge is 2.44. The summed E-state index contributed by atoms with van der Waals surface area (Å²) in [5.41, 5.74) is 0.314. The molecule has 0 radical (unpaired) electrons. The van der Waals surface area contributed by atoms with Gasteiger partial charge in [0.25, 0.3) is 0 Å². The van der Waals surface area contributed by atoms with E-state index in [1.54, 1.807) is 6.20 Å². The van der Waals surface area contributed by atoms with Crippen molar-refractivity contribution in [3.63, 3.8) is 0 Å². The predicted molar refractivity (Wildman–Crippen MR) is 77.3 cm³/mol. The Balaban J connectivity index is 2.25. The highest BCUT2D eigenvalue weighted by atomic mass is 16.5. The average Bonchev–Trinajstić information content (AvgIpc) is 2.87. The number of ether oxygens (including phenoxy) is 1. The lowest BCUT2D eigenvalue weighted by molar-refractivity contribution is -0.152. The van der Waals surface area contributed by atoms with Gasteiger partial charge in [-0.1, -0.05) is 31.9 Å². The van der Waals surface area contributed by atoms with Crippen LogP contribution in [0.2, 0.25) is 0 Å². The molecule has 1 N–H and O–H groups in total. The van der Waals surface area contributed by atoms with Gasteiger partial charge < -0.3 is 9.84 Å². The van der Waals surface area contributed by atoms with Gasteiger partial charge in [-0.25, -0.2) is 4.68 Å². The van der Waals surface area contributed by atoms with Gasteiger partial charge in [-0.05, 0) is 32.1 Å². The summed E-state index contributed by atoms with van der Waals surface area (Å²) in [6.45, 7) is 7.73. The Labute approximate surface area is 121 Å². The van der Waals surface area contributed by atoms with Crippen molar-refractivity contribution < 1.29 is 9.84 Å². The molecule has 1 fully saturated rings. The second-order valence-corrected chi connectivity index (χ2v) is 5.98. The summed E-state index contributed by atoms with van der Waals surface area (Å²) in [7, 11) is 0. The third-order valence-electron chi connectivity index (χ3n) is 4.28. The molecule has 114 valence electrons. The molecule has 1 aromatic heterocycles. The van der Waals surface area contributed by atoms with Crippen LogP contribution in [0.4, 0.5) is 0 Å². The lowest BCUT2D eigenvalue weighted by Crippen LogP contribution is -2.44. The van der Waals surface area contributed by atoms with Gasteiger partial charge in [-0.15, -0.1) is 5.10 Å². The maximum atomic E-state index is 10.9. The van der Waals surface area contributed by atoms with E-state index in [1.807, 2.05) is 11.6 Å². The normalized spacial score (nSPS) is 28.5. The first-order valence-corrected chi connectivity index (χ1v) is 7.83. The second-order valence-electron chi connectivity index (χ2n) is 5.98. The molecular weight excluding hydrogens is 254 g/mol. The minimum Gasteiger partial charge on any atom is -0.384 e. The number of hydrogen-bond donors (Lipinski definition) is 1. The van der Waals surface area contributed by atoms with E-state index in [2.05, 4.69) is 24.2 Å². The molecule has 1 heterocycles. The van der Waals surface area contributed by atoms with Gasteiger partial charge in [-0.3, -0.25) is 0 Å². The molecule has 1 aliphatic rings. The zero-order valence-electron chi connectivity index (χ0n) is 12.9.